The summed E-state index contributed by atoms with van der Waals surface area (Å²) in [5.74, 6) is 0.291. The Kier molecular flexibility index (Phi) is 8.02. The maximum Gasteiger partial charge on any atom is 0.250 e. The Balaban J connectivity index is 1.33. The van der Waals surface area contributed by atoms with Gasteiger partial charge in [0.2, 0.25) is 5.91 Å². The second-order valence-corrected chi connectivity index (χ2v) is 9.69. The first kappa shape index (κ1) is 22.3. The summed E-state index contributed by atoms with van der Waals surface area (Å²) in [7, 11) is 0. The average molecular weight is 421 g/mol. The summed E-state index contributed by atoms with van der Waals surface area (Å²) in [5, 5.41) is 0. The Morgan fingerprint density at radius 1 is 0.935 bits per heavy atom. The van der Waals surface area contributed by atoms with E-state index >= 15 is 0 Å². The Morgan fingerprint density at radius 3 is 2.45 bits per heavy atom. The van der Waals surface area contributed by atoms with Gasteiger partial charge in [-0.25, -0.2) is 0 Å². The van der Waals surface area contributed by atoms with Gasteiger partial charge in [-0.1, -0.05) is 62.6 Å². The fourth-order valence-electron chi connectivity index (χ4n) is 5.44. The number of allylic oxidation sites excluding steroid dienone is 3. The molecule has 3 nitrogen and oxygen atoms in total. The zero-order valence-electron chi connectivity index (χ0n) is 19.5. The molecule has 1 aromatic carbocycles. The number of likely N-dealkylation sites (tertiary alicyclic amines) is 2. The number of unbranched alkanes of at least 4 members (excludes halogenated alkanes) is 3. The smallest absolute Gasteiger partial charge is 0.250 e. The van der Waals surface area contributed by atoms with Gasteiger partial charge in [0.25, 0.3) is 0 Å². The monoisotopic (exact) mass is 420 g/mol. The first-order chi connectivity index (χ1) is 15.2. The average Bonchev–Trinajstić information content (AvgIpc) is 3.49. The van der Waals surface area contributed by atoms with E-state index in [1.807, 2.05) is 0 Å². The molecule has 0 N–H and O–H groups in total. The molecule has 0 spiro atoms. The molecule has 0 bridgehead atoms. The van der Waals surface area contributed by atoms with E-state index in [-0.39, 0.29) is 0 Å². The lowest BCUT2D eigenvalue weighted by molar-refractivity contribution is -0.128. The van der Waals surface area contributed by atoms with Crippen LogP contribution in [0.25, 0.3) is 5.57 Å². The fourth-order valence-corrected chi connectivity index (χ4v) is 5.44. The van der Waals surface area contributed by atoms with Crippen molar-refractivity contribution >= 4 is 11.5 Å². The van der Waals surface area contributed by atoms with Gasteiger partial charge in [-0.2, -0.15) is 0 Å². The standard InChI is InChI=1S/C28H40N2O/c1-2-3-4-5-9-23-11-13-24(14-12-23)25-15-17-26(18-16-25)28(31)30-21-8-10-27(30)22-29-19-6-7-20-29/h11-15,17,27H,2-10,16,18-22H2,1H3. The van der Waals surface area contributed by atoms with Gasteiger partial charge in [-0.3, -0.25) is 4.79 Å². The molecule has 2 fully saturated rings. The molecule has 1 unspecified atom stereocenters. The number of carbonyl (C=O) groups excluding carboxylic acids is 1. The molecule has 1 amide bonds. The Labute approximate surface area is 189 Å². The highest BCUT2D eigenvalue weighted by Gasteiger charge is 2.32. The van der Waals surface area contributed by atoms with E-state index in [1.165, 1.54) is 81.2 Å². The molecule has 168 valence electrons. The number of carbonyl (C=O) groups is 1. The number of aryl methyl sites for hydroxylation is 1. The quantitative estimate of drug-likeness (QED) is 0.457. The lowest BCUT2D eigenvalue weighted by atomic mass is 9.91. The summed E-state index contributed by atoms with van der Waals surface area (Å²) >= 11 is 0. The molecule has 4 rings (SSSR count). The van der Waals surface area contributed by atoms with Gasteiger partial charge in [0.15, 0.2) is 0 Å². The maximum atomic E-state index is 13.2. The molecule has 0 radical (unpaired) electrons. The second-order valence-electron chi connectivity index (χ2n) is 9.69. The zero-order chi connectivity index (χ0) is 21.5. The third-order valence-corrected chi connectivity index (χ3v) is 7.37. The van der Waals surface area contributed by atoms with Crippen LogP contribution < -0.4 is 0 Å². The Bertz CT molecular complexity index is 786. The van der Waals surface area contributed by atoms with Gasteiger partial charge in [0, 0.05) is 24.7 Å². The van der Waals surface area contributed by atoms with Crippen LogP contribution in [0.15, 0.2) is 42.0 Å². The molecule has 1 aromatic rings. The van der Waals surface area contributed by atoms with Crippen molar-refractivity contribution in [1.29, 1.82) is 0 Å². The second kappa shape index (κ2) is 11.1. The number of amides is 1. The molecule has 1 atom stereocenters. The predicted molar refractivity (Wildman–Crippen MR) is 130 cm³/mol. The summed E-state index contributed by atoms with van der Waals surface area (Å²) in [6.45, 7) is 6.70. The summed E-state index contributed by atoms with van der Waals surface area (Å²) in [5.41, 5.74) is 5.13. The van der Waals surface area contributed by atoms with Crippen LogP contribution in [0.5, 0.6) is 0 Å². The number of hydrogen-bond donors (Lipinski definition) is 0. The number of rotatable bonds is 9. The molecular weight excluding hydrogens is 380 g/mol. The summed E-state index contributed by atoms with van der Waals surface area (Å²) in [6, 6.07) is 9.55. The molecule has 3 aliphatic rings. The van der Waals surface area contributed by atoms with Crippen LogP contribution in [0.4, 0.5) is 0 Å². The molecule has 0 saturated carbocycles. The highest BCUT2D eigenvalue weighted by atomic mass is 16.2. The van der Waals surface area contributed by atoms with Crippen molar-refractivity contribution in [3.63, 3.8) is 0 Å². The van der Waals surface area contributed by atoms with Crippen molar-refractivity contribution in [1.82, 2.24) is 9.80 Å². The van der Waals surface area contributed by atoms with Gasteiger partial charge in [0.1, 0.15) is 0 Å². The molecule has 2 aliphatic heterocycles. The van der Waals surface area contributed by atoms with Crippen molar-refractivity contribution in [3.05, 3.63) is 53.1 Å². The van der Waals surface area contributed by atoms with Crippen molar-refractivity contribution in [2.75, 3.05) is 26.2 Å². The SMILES string of the molecule is CCCCCCc1ccc(C2=CC=C(C(=O)N3CCCC3CN3CCCC3)CC2)cc1. The third kappa shape index (κ3) is 5.88. The predicted octanol–water partition coefficient (Wildman–Crippen LogP) is 6.00. The molecule has 31 heavy (non-hydrogen) atoms. The van der Waals surface area contributed by atoms with Gasteiger partial charge in [-0.15, -0.1) is 0 Å². The molecule has 1 aliphatic carbocycles. The van der Waals surface area contributed by atoms with E-state index < -0.39 is 0 Å². The van der Waals surface area contributed by atoms with Crippen LogP contribution in [0.3, 0.4) is 0 Å². The van der Waals surface area contributed by atoms with Crippen LogP contribution in [0.2, 0.25) is 0 Å². The van der Waals surface area contributed by atoms with E-state index in [4.69, 9.17) is 0 Å². The first-order valence-corrected chi connectivity index (χ1v) is 12.8. The third-order valence-electron chi connectivity index (χ3n) is 7.37. The zero-order valence-corrected chi connectivity index (χ0v) is 19.5. The fraction of sp³-hybridized carbons (Fsp3) is 0.607. The van der Waals surface area contributed by atoms with E-state index in [1.54, 1.807) is 0 Å². The topological polar surface area (TPSA) is 23.6 Å². The van der Waals surface area contributed by atoms with Crippen LogP contribution in [-0.4, -0.2) is 47.9 Å². The van der Waals surface area contributed by atoms with E-state index in [9.17, 15) is 4.79 Å². The maximum absolute atomic E-state index is 13.2. The molecule has 0 aromatic heterocycles. The minimum absolute atomic E-state index is 0.291. The minimum atomic E-state index is 0.291. The van der Waals surface area contributed by atoms with E-state index in [0.29, 0.717) is 11.9 Å². The van der Waals surface area contributed by atoms with Gasteiger partial charge in [0.05, 0.1) is 0 Å². The van der Waals surface area contributed by atoms with Crippen LogP contribution in [0, 0.1) is 0 Å². The summed E-state index contributed by atoms with van der Waals surface area (Å²) < 4.78 is 0. The minimum Gasteiger partial charge on any atom is -0.335 e. The van der Waals surface area contributed by atoms with Crippen LogP contribution in [0.1, 0.15) is 82.3 Å². The number of benzene rings is 1. The van der Waals surface area contributed by atoms with Crippen LogP contribution >= 0.6 is 0 Å². The highest BCUT2D eigenvalue weighted by molar-refractivity contribution is 5.95. The van der Waals surface area contributed by atoms with Gasteiger partial charge in [-0.05, 0) is 81.2 Å². The number of hydrogen-bond acceptors (Lipinski definition) is 2. The Morgan fingerprint density at radius 2 is 1.74 bits per heavy atom. The lowest BCUT2D eigenvalue weighted by Crippen LogP contribution is -2.43. The molecule has 2 heterocycles. The molecular formula is C28H40N2O. The normalized spacial score (nSPS) is 22.0. The first-order valence-electron chi connectivity index (χ1n) is 12.8. The van der Waals surface area contributed by atoms with Gasteiger partial charge >= 0.3 is 0 Å². The van der Waals surface area contributed by atoms with Gasteiger partial charge < -0.3 is 9.80 Å². The van der Waals surface area contributed by atoms with Crippen LogP contribution in [-0.2, 0) is 11.2 Å². The highest BCUT2D eigenvalue weighted by Crippen LogP contribution is 2.30. The van der Waals surface area contributed by atoms with Crippen molar-refractivity contribution in [2.24, 2.45) is 0 Å². The number of nitrogens with zero attached hydrogens (tertiary/aromatic N) is 2. The van der Waals surface area contributed by atoms with Crippen molar-refractivity contribution in [3.8, 4) is 0 Å². The lowest BCUT2D eigenvalue weighted by Gasteiger charge is -2.30. The molecule has 3 heteroatoms. The Hall–Kier alpha value is -1.87. The van der Waals surface area contributed by atoms with E-state index in [0.717, 1.165) is 37.9 Å². The van der Waals surface area contributed by atoms with E-state index in [2.05, 4.69) is 53.1 Å². The molecule has 2 saturated heterocycles. The van der Waals surface area contributed by atoms with Crippen molar-refractivity contribution in [2.45, 2.75) is 83.6 Å². The summed E-state index contributed by atoms with van der Waals surface area (Å²) in [4.78, 5) is 18.0. The summed E-state index contributed by atoms with van der Waals surface area (Å²) in [6.07, 6.45) is 17.5. The van der Waals surface area contributed by atoms with Crippen molar-refractivity contribution < 1.29 is 4.79 Å². The largest absolute Gasteiger partial charge is 0.335 e.